The number of hydrogen-bond acceptors (Lipinski definition) is 4. The molecule has 5 rings (SSSR count). The van der Waals surface area contributed by atoms with E-state index < -0.39 is 27.9 Å². The van der Waals surface area contributed by atoms with E-state index in [2.05, 4.69) is 12.2 Å². The summed E-state index contributed by atoms with van der Waals surface area (Å²) < 4.78 is 14.8. The highest BCUT2D eigenvalue weighted by atomic mass is 32.2. The summed E-state index contributed by atoms with van der Waals surface area (Å²) in [5.41, 5.74) is 1.71. The molecule has 0 saturated carbocycles. The van der Waals surface area contributed by atoms with Crippen molar-refractivity contribution in [3.8, 4) is 0 Å². The van der Waals surface area contributed by atoms with Crippen LogP contribution in [-0.2, 0) is 15.0 Å². The van der Waals surface area contributed by atoms with Gasteiger partial charge in [0.25, 0.3) is 17.1 Å². The summed E-state index contributed by atoms with van der Waals surface area (Å²) in [6, 6.07) is 12.6. The van der Waals surface area contributed by atoms with Crippen LogP contribution < -0.4 is 10.2 Å². The van der Waals surface area contributed by atoms with Gasteiger partial charge < -0.3 is 4.90 Å². The maximum absolute atomic E-state index is 14.8. The lowest BCUT2D eigenvalue weighted by Gasteiger charge is -2.49. The van der Waals surface area contributed by atoms with E-state index in [1.165, 1.54) is 12.1 Å². The van der Waals surface area contributed by atoms with Gasteiger partial charge in [0.05, 0.1) is 16.2 Å². The lowest BCUT2D eigenvalue weighted by Crippen LogP contribution is -2.54. The van der Waals surface area contributed by atoms with E-state index in [4.69, 9.17) is 0 Å². The van der Waals surface area contributed by atoms with E-state index >= 15 is 0 Å². The molecule has 0 aliphatic carbocycles. The van der Waals surface area contributed by atoms with Crippen LogP contribution >= 0.6 is 11.8 Å². The third-order valence-corrected chi connectivity index (χ3v) is 7.11. The van der Waals surface area contributed by atoms with Crippen LogP contribution in [0.2, 0.25) is 0 Å². The molecule has 7 heteroatoms. The quantitative estimate of drug-likeness (QED) is 0.694. The Morgan fingerprint density at radius 1 is 1.07 bits per heavy atom. The van der Waals surface area contributed by atoms with E-state index in [1.807, 2.05) is 44.2 Å². The number of carbonyl (C=O) groups excluding carboxylic acids is 3. The molecule has 2 aromatic carbocycles. The first kappa shape index (κ1) is 19.1. The zero-order chi connectivity index (χ0) is 21.4. The second-order valence-corrected chi connectivity index (χ2v) is 9.71. The smallest absolute Gasteiger partial charge is 0.290 e. The normalized spacial score (nSPS) is 26.8. The van der Waals surface area contributed by atoms with E-state index in [1.54, 1.807) is 4.90 Å². The number of halogens is 1. The van der Waals surface area contributed by atoms with Gasteiger partial charge >= 0.3 is 0 Å². The molecule has 3 aliphatic rings. The molecule has 3 aliphatic heterocycles. The maximum atomic E-state index is 14.8. The van der Waals surface area contributed by atoms with Gasteiger partial charge in [0.15, 0.2) is 0 Å². The fourth-order valence-corrected chi connectivity index (χ4v) is 5.93. The molecule has 0 bridgehead atoms. The fraction of sp³-hybridized carbons (Fsp3) is 0.261. The summed E-state index contributed by atoms with van der Waals surface area (Å²) in [7, 11) is 0. The fourth-order valence-electron chi connectivity index (χ4n) is 5.16. The third kappa shape index (κ3) is 2.45. The van der Waals surface area contributed by atoms with Crippen LogP contribution in [0.1, 0.15) is 43.9 Å². The number of amides is 3. The Balaban J connectivity index is 1.86. The lowest BCUT2D eigenvalue weighted by molar-refractivity contribution is -0.116. The molecule has 0 radical (unpaired) electrons. The number of anilines is 1. The molecular formula is C23H19FN2O3S. The Labute approximate surface area is 177 Å². The average molecular weight is 422 g/mol. The summed E-state index contributed by atoms with van der Waals surface area (Å²) in [5, 5.41) is 1.67. The second kappa shape index (κ2) is 6.04. The Kier molecular flexibility index (Phi) is 3.84. The Morgan fingerprint density at radius 2 is 1.77 bits per heavy atom. The summed E-state index contributed by atoms with van der Waals surface area (Å²) in [4.78, 5) is 39.3. The molecular weight excluding hydrogens is 403 g/mol. The highest BCUT2D eigenvalue weighted by molar-refractivity contribution is 8.18. The number of rotatable bonds is 1. The van der Waals surface area contributed by atoms with Crippen LogP contribution in [-0.4, -0.2) is 22.6 Å². The first-order valence-corrected chi connectivity index (χ1v) is 10.5. The largest absolute Gasteiger partial charge is 0.302 e. The van der Waals surface area contributed by atoms with Crippen molar-refractivity contribution in [2.45, 2.75) is 38.1 Å². The Hall–Kier alpha value is -2.93. The van der Waals surface area contributed by atoms with E-state index in [-0.39, 0.29) is 16.4 Å². The number of nitrogens with zero attached hydrogens (tertiary/aromatic N) is 1. The van der Waals surface area contributed by atoms with Crippen molar-refractivity contribution in [2.75, 3.05) is 4.90 Å². The number of thioether (sulfide) groups is 1. The molecule has 1 atom stereocenters. The standard InChI is InChI=1S/C23H19FN2O3S/c1-22(2)11-23(3,12-7-5-4-6-8-12)15-10-13(24)9-14-16(20(28)26(22)17(14)15)18-19(27)25-21(29)30-18/h4-10H,11H2,1-3H3,(H,25,27,29). The number of carbonyl (C=O) groups is 3. The summed E-state index contributed by atoms with van der Waals surface area (Å²) in [6.45, 7) is 6.01. The number of nitrogens with one attached hydrogen (secondary N) is 1. The molecule has 1 N–H and O–H groups in total. The van der Waals surface area contributed by atoms with Gasteiger partial charge in [-0.3, -0.25) is 19.7 Å². The minimum absolute atomic E-state index is 0.0319. The van der Waals surface area contributed by atoms with E-state index in [0.29, 0.717) is 35.0 Å². The van der Waals surface area contributed by atoms with Crippen LogP contribution in [0.15, 0.2) is 47.4 Å². The Morgan fingerprint density at radius 3 is 2.40 bits per heavy atom. The van der Waals surface area contributed by atoms with Crippen LogP contribution in [0.5, 0.6) is 0 Å². The first-order valence-electron chi connectivity index (χ1n) is 9.65. The summed E-state index contributed by atoms with van der Waals surface area (Å²) in [6.07, 6.45) is 0.576. The van der Waals surface area contributed by atoms with Gasteiger partial charge in [0.2, 0.25) is 0 Å². The van der Waals surface area contributed by atoms with Crippen molar-refractivity contribution >= 4 is 40.1 Å². The minimum Gasteiger partial charge on any atom is -0.302 e. The van der Waals surface area contributed by atoms with Crippen molar-refractivity contribution in [3.63, 3.8) is 0 Å². The molecule has 3 amide bonds. The molecule has 1 saturated heterocycles. The van der Waals surface area contributed by atoms with Gasteiger partial charge in [0, 0.05) is 16.5 Å². The molecule has 5 nitrogen and oxygen atoms in total. The molecule has 1 fully saturated rings. The van der Waals surface area contributed by atoms with E-state index in [0.717, 1.165) is 5.56 Å². The predicted molar refractivity (Wildman–Crippen MR) is 114 cm³/mol. The molecule has 2 aromatic rings. The topological polar surface area (TPSA) is 66.5 Å². The second-order valence-electron chi connectivity index (χ2n) is 8.73. The van der Waals surface area contributed by atoms with Gasteiger partial charge in [-0.05, 0) is 55.3 Å². The number of benzene rings is 2. The lowest BCUT2D eigenvalue weighted by atomic mass is 9.65. The van der Waals surface area contributed by atoms with Crippen LogP contribution in [0.3, 0.4) is 0 Å². The van der Waals surface area contributed by atoms with Crippen molar-refractivity contribution in [1.82, 2.24) is 5.32 Å². The molecule has 0 aromatic heterocycles. The molecule has 1 unspecified atom stereocenters. The highest BCUT2D eigenvalue weighted by Gasteiger charge is 2.54. The highest BCUT2D eigenvalue weighted by Crippen LogP contribution is 2.57. The van der Waals surface area contributed by atoms with Crippen molar-refractivity contribution < 1.29 is 18.8 Å². The van der Waals surface area contributed by atoms with Crippen LogP contribution in [0, 0.1) is 5.82 Å². The SMILES string of the molecule is CC1(c2ccccc2)CC(C)(C)N2C(=O)C(=C3SC(=O)NC3=O)c3cc(F)cc1c32. The predicted octanol–water partition coefficient (Wildman–Crippen LogP) is 4.35. The molecule has 30 heavy (non-hydrogen) atoms. The average Bonchev–Trinajstić information content (AvgIpc) is 3.15. The van der Waals surface area contributed by atoms with Gasteiger partial charge in [-0.2, -0.15) is 0 Å². The summed E-state index contributed by atoms with van der Waals surface area (Å²) >= 11 is 0.689. The van der Waals surface area contributed by atoms with Crippen molar-refractivity contribution in [3.05, 3.63) is 69.9 Å². The minimum atomic E-state index is -0.616. The molecule has 152 valence electrons. The zero-order valence-electron chi connectivity index (χ0n) is 16.7. The van der Waals surface area contributed by atoms with Crippen LogP contribution in [0.25, 0.3) is 5.57 Å². The summed E-state index contributed by atoms with van der Waals surface area (Å²) in [5.74, 6) is -1.47. The first-order chi connectivity index (χ1) is 14.1. The van der Waals surface area contributed by atoms with Crippen molar-refractivity contribution in [1.29, 1.82) is 0 Å². The van der Waals surface area contributed by atoms with Crippen LogP contribution in [0.4, 0.5) is 14.9 Å². The van der Waals surface area contributed by atoms with Crippen molar-refractivity contribution in [2.24, 2.45) is 0 Å². The zero-order valence-corrected chi connectivity index (χ0v) is 17.5. The Bertz CT molecular complexity index is 1190. The van der Waals surface area contributed by atoms with Gasteiger partial charge in [0.1, 0.15) is 5.82 Å². The van der Waals surface area contributed by atoms with E-state index in [9.17, 15) is 18.8 Å². The monoisotopic (exact) mass is 422 g/mol. The maximum Gasteiger partial charge on any atom is 0.290 e. The number of imide groups is 1. The van der Waals surface area contributed by atoms with Gasteiger partial charge in [-0.25, -0.2) is 4.39 Å². The number of hydrogen-bond donors (Lipinski definition) is 1. The molecule has 3 heterocycles. The van der Waals surface area contributed by atoms with Gasteiger partial charge in [-0.1, -0.05) is 37.3 Å². The third-order valence-electron chi connectivity index (χ3n) is 6.23. The van der Waals surface area contributed by atoms with Gasteiger partial charge in [-0.15, -0.1) is 0 Å². The molecule has 0 spiro atoms.